The molecule has 1 atom stereocenters. The zero-order valence-electron chi connectivity index (χ0n) is 13.3. The summed E-state index contributed by atoms with van der Waals surface area (Å²) in [6, 6.07) is 16.4. The molecule has 1 heterocycles. The molecule has 0 radical (unpaired) electrons. The van der Waals surface area contributed by atoms with E-state index in [1.807, 2.05) is 23.1 Å². The lowest BCUT2D eigenvalue weighted by atomic mass is 10.0. The van der Waals surface area contributed by atoms with Gasteiger partial charge in [-0.2, -0.15) is 0 Å². The number of halogens is 1. The van der Waals surface area contributed by atoms with Crippen LogP contribution in [0.25, 0.3) is 0 Å². The fourth-order valence-corrected chi connectivity index (χ4v) is 3.06. The summed E-state index contributed by atoms with van der Waals surface area (Å²) in [7, 11) is 2.08. The molecule has 120 valence electrons. The lowest BCUT2D eigenvalue weighted by Crippen LogP contribution is -2.49. The molecular formula is C19H21FN2O. The molecule has 2 aromatic rings. The first-order chi connectivity index (χ1) is 11.1. The minimum absolute atomic E-state index is 0.0721. The molecule has 1 saturated heterocycles. The van der Waals surface area contributed by atoms with Crippen LogP contribution in [0.5, 0.6) is 0 Å². The summed E-state index contributed by atoms with van der Waals surface area (Å²) in [5.41, 5.74) is 2.01. The van der Waals surface area contributed by atoms with Crippen molar-refractivity contribution in [2.75, 3.05) is 26.7 Å². The maximum Gasteiger partial charge on any atom is 0.227 e. The van der Waals surface area contributed by atoms with Crippen LogP contribution in [0.15, 0.2) is 54.6 Å². The van der Waals surface area contributed by atoms with Gasteiger partial charge in [0.05, 0.1) is 12.5 Å². The summed E-state index contributed by atoms with van der Waals surface area (Å²) in [4.78, 5) is 17.0. The average Bonchev–Trinajstić information content (AvgIpc) is 2.57. The molecule has 0 saturated carbocycles. The van der Waals surface area contributed by atoms with Gasteiger partial charge in [-0.05, 0) is 30.3 Å². The number of carbonyl (C=O) groups is 1. The number of carbonyl (C=O) groups excluding carboxylic acids is 1. The Kier molecular flexibility index (Phi) is 4.72. The van der Waals surface area contributed by atoms with Crippen molar-refractivity contribution in [3.63, 3.8) is 0 Å². The summed E-state index contributed by atoms with van der Waals surface area (Å²) in [6.45, 7) is 2.42. The fourth-order valence-electron chi connectivity index (χ4n) is 3.06. The van der Waals surface area contributed by atoms with Crippen LogP contribution in [0, 0.1) is 5.82 Å². The molecule has 0 bridgehead atoms. The Bertz CT molecular complexity index is 657. The van der Waals surface area contributed by atoms with E-state index in [-0.39, 0.29) is 17.8 Å². The van der Waals surface area contributed by atoms with Gasteiger partial charge in [-0.3, -0.25) is 4.79 Å². The highest BCUT2D eigenvalue weighted by Crippen LogP contribution is 2.25. The van der Waals surface area contributed by atoms with Gasteiger partial charge in [0, 0.05) is 19.6 Å². The van der Waals surface area contributed by atoms with E-state index in [1.54, 1.807) is 12.1 Å². The van der Waals surface area contributed by atoms with E-state index in [9.17, 15) is 9.18 Å². The van der Waals surface area contributed by atoms with E-state index in [4.69, 9.17) is 0 Å². The van der Waals surface area contributed by atoms with Crippen molar-refractivity contribution in [3.05, 3.63) is 71.5 Å². The topological polar surface area (TPSA) is 23.6 Å². The van der Waals surface area contributed by atoms with Gasteiger partial charge in [0.1, 0.15) is 5.82 Å². The number of hydrogen-bond donors (Lipinski definition) is 0. The third-order valence-corrected chi connectivity index (χ3v) is 4.36. The molecule has 1 amide bonds. The molecule has 1 aliphatic rings. The number of nitrogens with zero attached hydrogens (tertiary/aromatic N) is 2. The summed E-state index contributed by atoms with van der Waals surface area (Å²) >= 11 is 0. The molecule has 0 aliphatic carbocycles. The van der Waals surface area contributed by atoms with E-state index in [0.29, 0.717) is 6.42 Å². The maximum atomic E-state index is 13.0. The van der Waals surface area contributed by atoms with E-state index < -0.39 is 0 Å². The Labute approximate surface area is 136 Å². The highest BCUT2D eigenvalue weighted by molar-refractivity contribution is 5.79. The quantitative estimate of drug-likeness (QED) is 0.870. The molecule has 4 heteroatoms. The minimum Gasteiger partial charge on any atom is -0.333 e. The summed E-state index contributed by atoms with van der Waals surface area (Å²) < 4.78 is 13.0. The average molecular weight is 312 g/mol. The van der Waals surface area contributed by atoms with Crippen LogP contribution in [-0.2, 0) is 11.2 Å². The molecule has 0 N–H and O–H groups in total. The van der Waals surface area contributed by atoms with Crippen LogP contribution in [0.2, 0.25) is 0 Å². The zero-order chi connectivity index (χ0) is 16.2. The predicted octanol–water partition coefficient (Wildman–Crippen LogP) is 2.88. The Morgan fingerprint density at radius 2 is 1.78 bits per heavy atom. The van der Waals surface area contributed by atoms with Crippen molar-refractivity contribution >= 4 is 5.91 Å². The number of amides is 1. The standard InChI is InChI=1S/C19H21FN2O/c1-21-11-12-22(18(14-21)16-5-3-2-4-6-16)19(23)13-15-7-9-17(20)10-8-15/h2-10,18H,11-14H2,1H3/t18-/m1/s1. The molecule has 0 spiro atoms. The van der Waals surface area contributed by atoms with E-state index >= 15 is 0 Å². The highest BCUT2D eigenvalue weighted by atomic mass is 19.1. The van der Waals surface area contributed by atoms with Crippen molar-refractivity contribution in [1.29, 1.82) is 0 Å². The molecule has 23 heavy (non-hydrogen) atoms. The molecule has 3 nitrogen and oxygen atoms in total. The van der Waals surface area contributed by atoms with Crippen molar-refractivity contribution in [2.24, 2.45) is 0 Å². The first kappa shape index (κ1) is 15.7. The summed E-state index contributed by atoms with van der Waals surface area (Å²) in [5.74, 6) is -0.179. The van der Waals surface area contributed by atoms with E-state index in [2.05, 4.69) is 24.1 Å². The van der Waals surface area contributed by atoms with Gasteiger partial charge in [-0.25, -0.2) is 4.39 Å². The second-order valence-electron chi connectivity index (χ2n) is 6.08. The lowest BCUT2D eigenvalue weighted by molar-refractivity contribution is -0.135. The number of piperazine rings is 1. The van der Waals surface area contributed by atoms with Gasteiger partial charge in [0.2, 0.25) is 5.91 Å². The number of rotatable bonds is 3. The molecular weight excluding hydrogens is 291 g/mol. The van der Waals surface area contributed by atoms with Crippen molar-refractivity contribution < 1.29 is 9.18 Å². The second kappa shape index (κ2) is 6.92. The normalized spacial score (nSPS) is 18.9. The molecule has 0 aromatic heterocycles. The van der Waals surface area contributed by atoms with E-state index in [1.165, 1.54) is 12.1 Å². The molecule has 2 aromatic carbocycles. The fraction of sp³-hybridized carbons (Fsp3) is 0.316. The third kappa shape index (κ3) is 3.77. The van der Waals surface area contributed by atoms with E-state index in [0.717, 1.165) is 30.8 Å². The smallest absolute Gasteiger partial charge is 0.227 e. The summed E-state index contributed by atoms with van der Waals surface area (Å²) in [5, 5.41) is 0. The minimum atomic E-state index is -0.275. The maximum absolute atomic E-state index is 13.0. The Hall–Kier alpha value is -2.20. The van der Waals surface area contributed by atoms with Crippen molar-refractivity contribution in [2.45, 2.75) is 12.5 Å². The third-order valence-electron chi connectivity index (χ3n) is 4.36. The van der Waals surface area contributed by atoms with Crippen LogP contribution in [0.4, 0.5) is 4.39 Å². The van der Waals surface area contributed by atoms with Gasteiger partial charge >= 0.3 is 0 Å². The van der Waals surface area contributed by atoms with Crippen LogP contribution in [-0.4, -0.2) is 42.4 Å². The summed E-state index contributed by atoms with van der Waals surface area (Å²) in [6.07, 6.45) is 0.313. The van der Waals surface area contributed by atoms with Gasteiger partial charge < -0.3 is 9.80 Å². The van der Waals surface area contributed by atoms with Gasteiger partial charge in [-0.15, -0.1) is 0 Å². The van der Waals surface area contributed by atoms with Gasteiger partial charge in [0.15, 0.2) is 0 Å². The monoisotopic (exact) mass is 312 g/mol. The largest absolute Gasteiger partial charge is 0.333 e. The van der Waals surface area contributed by atoms with Crippen LogP contribution >= 0.6 is 0 Å². The lowest BCUT2D eigenvalue weighted by Gasteiger charge is -2.40. The number of likely N-dealkylation sites (N-methyl/N-ethyl adjacent to an activating group) is 1. The molecule has 0 unspecified atom stereocenters. The second-order valence-corrected chi connectivity index (χ2v) is 6.08. The van der Waals surface area contributed by atoms with Crippen LogP contribution < -0.4 is 0 Å². The van der Waals surface area contributed by atoms with Crippen molar-refractivity contribution in [1.82, 2.24) is 9.80 Å². The van der Waals surface area contributed by atoms with Crippen molar-refractivity contribution in [3.8, 4) is 0 Å². The Balaban J connectivity index is 1.78. The number of hydrogen-bond acceptors (Lipinski definition) is 2. The van der Waals surface area contributed by atoms with Crippen LogP contribution in [0.3, 0.4) is 0 Å². The SMILES string of the molecule is CN1CCN(C(=O)Cc2ccc(F)cc2)[C@@H](c2ccccc2)C1. The van der Waals surface area contributed by atoms with Crippen LogP contribution in [0.1, 0.15) is 17.2 Å². The Morgan fingerprint density at radius 3 is 2.48 bits per heavy atom. The zero-order valence-corrected chi connectivity index (χ0v) is 13.3. The van der Waals surface area contributed by atoms with Gasteiger partial charge in [0.25, 0.3) is 0 Å². The predicted molar refractivity (Wildman–Crippen MR) is 88.5 cm³/mol. The molecule has 1 fully saturated rings. The first-order valence-corrected chi connectivity index (χ1v) is 7.91. The highest BCUT2D eigenvalue weighted by Gasteiger charge is 2.29. The molecule has 3 rings (SSSR count). The Morgan fingerprint density at radius 1 is 1.09 bits per heavy atom. The first-order valence-electron chi connectivity index (χ1n) is 7.91. The van der Waals surface area contributed by atoms with Gasteiger partial charge in [-0.1, -0.05) is 42.5 Å². The number of benzene rings is 2. The molecule has 1 aliphatic heterocycles.